The van der Waals surface area contributed by atoms with Crippen molar-refractivity contribution < 1.29 is 23.1 Å². The van der Waals surface area contributed by atoms with Crippen molar-refractivity contribution >= 4 is 59.2 Å². The Morgan fingerprint density at radius 2 is 2.21 bits per heavy atom. The fourth-order valence-electron chi connectivity index (χ4n) is 1.70. The number of ether oxygens (including phenoxy) is 1. The number of rotatable bonds is 3. The Kier molecular flexibility index (Phi) is 4.68. The van der Waals surface area contributed by atoms with Gasteiger partial charge in [-0.3, -0.25) is 4.79 Å². The largest absolute Gasteiger partial charge is 0.480 e. The molecule has 0 bridgehead atoms. The maximum absolute atomic E-state index is 12.5. The van der Waals surface area contributed by atoms with E-state index in [0.29, 0.717) is 7.57 Å². The Labute approximate surface area is 130 Å². The van der Waals surface area contributed by atoms with E-state index in [9.17, 15) is 13.2 Å². The Balaban J connectivity index is 2.43. The molecule has 19 heavy (non-hydrogen) atoms. The molecule has 2 rings (SSSR count). The second kappa shape index (κ2) is 5.78. The summed E-state index contributed by atoms with van der Waals surface area (Å²) in [5.74, 6) is -1.21. The van der Waals surface area contributed by atoms with Crippen molar-refractivity contribution in [1.82, 2.24) is 4.31 Å². The van der Waals surface area contributed by atoms with Gasteiger partial charge in [-0.1, -0.05) is 0 Å². The van der Waals surface area contributed by atoms with Crippen LogP contribution >= 0.6 is 43.2 Å². The van der Waals surface area contributed by atoms with Gasteiger partial charge in [0.1, 0.15) is 10.9 Å². The number of thiophene rings is 1. The molecule has 2 heterocycles. The van der Waals surface area contributed by atoms with E-state index >= 15 is 0 Å². The van der Waals surface area contributed by atoms with E-state index < -0.39 is 22.0 Å². The topological polar surface area (TPSA) is 83.9 Å². The third-order valence-electron chi connectivity index (χ3n) is 2.58. The molecule has 1 aliphatic rings. The Morgan fingerprint density at radius 3 is 2.74 bits per heavy atom. The first kappa shape index (κ1) is 15.4. The van der Waals surface area contributed by atoms with Crippen molar-refractivity contribution in [2.24, 2.45) is 0 Å². The minimum Gasteiger partial charge on any atom is -0.480 e. The van der Waals surface area contributed by atoms with Gasteiger partial charge in [-0.2, -0.15) is 4.31 Å². The highest BCUT2D eigenvalue weighted by molar-refractivity contribution is 9.12. The predicted molar refractivity (Wildman–Crippen MR) is 75.9 cm³/mol. The van der Waals surface area contributed by atoms with Gasteiger partial charge in [-0.25, -0.2) is 8.42 Å². The van der Waals surface area contributed by atoms with Crippen LogP contribution in [0.25, 0.3) is 0 Å². The number of nitrogens with zero attached hydrogens (tertiary/aromatic N) is 1. The summed E-state index contributed by atoms with van der Waals surface area (Å²) in [6, 6.07) is 0.266. The molecule has 1 unspecified atom stereocenters. The van der Waals surface area contributed by atoms with Crippen LogP contribution in [0.2, 0.25) is 0 Å². The molecule has 1 N–H and O–H groups in total. The molecule has 1 aromatic rings. The monoisotopic (exact) mass is 433 g/mol. The molecule has 0 saturated carbocycles. The number of morpholine rings is 1. The maximum atomic E-state index is 12.5. The number of hydrogen-bond acceptors (Lipinski definition) is 5. The Hall–Kier alpha value is -0.000000000000000333. The van der Waals surface area contributed by atoms with Crippen molar-refractivity contribution in [1.29, 1.82) is 0 Å². The molecule has 1 fully saturated rings. The van der Waals surface area contributed by atoms with Crippen molar-refractivity contribution in [2.75, 3.05) is 19.8 Å². The summed E-state index contributed by atoms with van der Waals surface area (Å²) in [7, 11) is -3.86. The van der Waals surface area contributed by atoms with E-state index in [0.717, 1.165) is 4.31 Å². The fourth-order valence-corrected chi connectivity index (χ4v) is 7.01. The van der Waals surface area contributed by atoms with Crippen LogP contribution in [0.3, 0.4) is 0 Å². The maximum Gasteiger partial charge on any atom is 0.324 e. The molecule has 1 aromatic heterocycles. The lowest BCUT2D eigenvalue weighted by atomic mass is 10.3. The van der Waals surface area contributed by atoms with Gasteiger partial charge in [-0.15, -0.1) is 11.3 Å². The standard InChI is InChI=1S/C9H9Br2NO5S2/c10-7-3-6(8(11)18-7)19(15,16)12-1-2-17-4-5(12)9(13)14/h3,5H,1-2,4H2,(H,13,14). The van der Waals surface area contributed by atoms with E-state index in [1.807, 2.05) is 0 Å². The van der Waals surface area contributed by atoms with Crippen molar-refractivity contribution in [2.45, 2.75) is 10.9 Å². The first-order valence-corrected chi connectivity index (χ1v) is 8.95. The minimum atomic E-state index is -3.86. The van der Waals surface area contributed by atoms with E-state index in [2.05, 4.69) is 31.9 Å². The molecular formula is C9H9Br2NO5S2. The third-order valence-corrected chi connectivity index (χ3v) is 7.24. The molecule has 6 nitrogen and oxygen atoms in total. The summed E-state index contributed by atoms with van der Waals surface area (Å²) in [6.45, 7) is 0.0721. The zero-order valence-corrected chi connectivity index (χ0v) is 14.2. The van der Waals surface area contributed by atoms with Gasteiger partial charge in [0, 0.05) is 6.54 Å². The van der Waals surface area contributed by atoms with Crippen LogP contribution < -0.4 is 0 Å². The second-order valence-electron chi connectivity index (χ2n) is 3.73. The summed E-state index contributed by atoms with van der Waals surface area (Å²) >= 11 is 7.61. The van der Waals surface area contributed by atoms with Crippen LogP contribution in [0.5, 0.6) is 0 Å². The second-order valence-corrected chi connectivity index (χ2v) is 9.34. The molecule has 0 aromatic carbocycles. The highest BCUT2D eigenvalue weighted by Gasteiger charge is 2.39. The average Bonchev–Trinajstić information content (AvgIpc) is 2.69. The summed E-state index contributed by atoms with van der Waals surface area (Å²) in [4.78, 5) is 11.2. The SMILES string of the molecule is O=C(O)C1COCCN1S(=O)(=O)c1cc(Br)sc1Br. The molecule has 0 aliphatic carbocycles. The number of sulfonamides is 1. The molecule has 10 heteroatoms. The first-order chi connectivity index (χ1) is 8.84. The zero-order chi connectivity index (χ0) is 14.2. The van der Waals surface area contributed by atoms with E-state index in [4.69, 9.17) is 9.84 Å². The molecule has 1 saturated heterocycles. The van der Waals surface area contributed by atoms with E-state index in [-0.39, 0.29) is 24.7 Å². The Bertz CT molecular complexity index is 600. The number of halogens is 2. The summed E-state index contributed by atoms with van der Waals surface area (Å²) in [6.07, 6.45) is 0. The number of hydrogen-bond donors (Lipinski definition) is 1. The van der Waals surface area contributed by atoms with E-state index in [1.165, 1.54) is 17.4 Å². The fraction of sp³-hybridized carbons (Fsp3) is 0.444. The third kappa shape index (κ3) is 3.03. The predicted octanol–water partition coefficient (Wildman–Crippen LogP) is 1.75. The van der Waals surface area contributed by atoms with Gasteiger partial charge in [0.05, 0.1) is 20.8 Å². The Morgan fingerprint density at radius 1 is 1.53 bits per heavy atom. The molecule has 1 aliphatic heterocycles. The number of carboxylic acid groups (broad SMARTS) is 1. The lowest BCUT2D eigenvalue weighted by molar-refractivity contribution is -0.146. The van der Waals surface area contributed by atoms with Gasteiger partial charge >= 0.3 is 5.97 Å². The number of carbonyl (C=O) groups is 1. The first-order valence-electron chi connectivity index (χ1n) is 5.11. The van der Waals surface area contributed by atoms with Gasteiger partial charge in [0.15, 0.2) is 0 Å². The summed E-state index contributed by atoms with van der Waals surface area (Å²) < 4.78 is 32.1. The van der Waals surface area contributed by atoms with Crippen LogP contribution in [-0.2, 0) is 19.6 Å². The molecule has 0 amide bonds. The lowest BCUT2D eigenvalue weighted by Crippen LogP contribution is -2.52. The van der Waals surface area contributed by atoms with Crippen LogP contribution in [0.4, 0.5) is 0 Å². The van der Waals surface area contributed by atoms with Gasteiger partial charge in [-0.05, 0) is 37.9 Å². The highest BCUT2D eigenvalue weighted by Crippen LogP contribution is 2.37. The zero-order valence-electron chi connectivity index (χ0n) is 9.38. The molecular weight excluding hydrogens is 426 g/mol. The number of aliphatic carboxylic acids is 1. The van der Waals surface area contributed by atoms with Gasteiger partial charge in [0.2, 0.25) is 10.0 Å². The van der Waals surface area contributed by atoms with Gasteiger partial charge < -0.3 is 9.84 Å². The average molecular weight is 435 g/mol. The quantitative estimate of drug-likeness (QED) is 0.783. The van der Waals surface area contributed by atoms with Crippen LogP contribution in [0.1, 0.15) is 0 Å². The number of carboxylic acids is 1. The minimum absolute atomic E-state index is 0.0270. The lowest BCUT2D eigenvalue weighted by Gasteiger charge is -2.31. The molecule has 1 atom stereocenters. The molecule has 106 valence electrons. The summed E-state index contributed by atoms with van der Waals surface area (Å²) in [5.41, 5.74) is 0. The summed E-state index contributed by atoms with van der Waals surface area (Å²) in [5, 5.41) is 9.09. The van der Waals surface area contributed by atoms with Gasteiger partial charge in [0.25, 0.3) is 0 Å². The van der Waals surface area contributed by atoms with E-state index in [1.54, 1.807) is 0 Å². The van der Waals surface area contributed by atoms with Crippen molar-refractivity contribution in [3.63, 3.8) is 0 Å². The van der Waals surface area contributed by atoms with Crippen LogP contribution in [-0.4, -0.2) is 49.6 Å². The highest BCUT2D eigenvalue weighted by atomic mass is 79.9. The van der Waals surface area contributed by atoms with Crippen molar-refractivity contribution in [3.8, 4) is 0 Å². The van der Waals surface area contributed by atoms with Crippen LogP contribution in [0.15, 0.2) is 18.5 Å². The van der Waals surface area contributed by atoms with Crippen molar-refractivity contribution in [3.05, 3.63) is 13.6 Å². The molecule has 0 spiro atoms. The van der Waals surface area contributed by atoms with Crippen LogP contribution in [0, 0.1) is 0 Å². The molecule has 0 radical (unpaired) electrons. The smallest absolute Gasteiger partial charge is 0.324 e. The normalized spacial score (nSPS) is 21.5.